The summed E-state index contributed by atoms with van der Waals surface area (Å²) >= 11 is 6.68. The van der Waals surface area contributed by atoms with E-state index in [-0.39, 0.29) is 18.0 Å². The minimum absolute atomic E-state index is 0.0823. The summed E-state index contributed by atoms with van der Waals surface area (Å²) in [6, 6.07) is 5.77. The predicted octanol–water partition coefficient (Wildman–Crippen LogP) is 2.04. The third-order valence-corrected chi connectivity index (χ3v) is 3.51. The van der Waals surface area contributed by atoms with E-state index in [1.807, 2.05) is 12.1 Å². The molecule has 80 valence electrons. The van der Waals surface area contributed by atoms with E-state index in [0.717, 1.165) is 15.4 Å². The number of carbonyl (C=O) groups excluding carboxylic acids is 1. The van der Waals surface area contributed by atoms with Crippen LogP contribution < -0.4 is 11.1 Å². The van der Waals surface area contributed by atoms with Crippen LogP contribution in [0.3, 0.4) is 0 Å². The van der Waals surface area contributed by atoms with Gasteiger partial charge in [-0.15, -0.1) is 0 Å². The van der Waals surface area contributed by atoms with E-state index in [0.29, 0.717) is 5.56 Å². The SMILES string of the molecule is NC1CC1NC(=O)c1cc(Br)ccc1Br. The normalized spacial score (nSPS) is 23.7. The first-order chi connectivity index (χ1) is 7.08. The lowest BCUT2D eigenvalue weighted by Gasteiger charge is -2.06. The molecule has 0 saturated heterocycles. The summed E-state index contributed by atoms with van der Waals surface area (Å²) in [7, 11) is 0. The highest BCUT2D eigenvalue weighted by atomic mass is 79.9. The summed E-state index contributed by atoms with van der Waals surface area (Å²) in [5, 5.41) is 2.87. The van der Waals surface area contributed by atoms with Crippen LogP contribution >= 0.6 is 31.9 Å². The summed E-state index contributed by atoms with van der Waals surface area (Å²) in [5.41, 5.74) is 6.25. The van der Waals surface area contributed by atoms with Crippen molar-refractivity contribution in [3.63, 3.8) is 0 Å². The van der Waals surface area contributed by atoms with E-state index < -0.39 is 0 Å². The fraction of sp³-hybridized carbons (Fsp3) is 0.300. The zero-order chi connectivity index (χ0) is 11.0. The van der Waals surface area contributed by atoms with Crippen LogP contribution in [0.4, 0.5) is 0 Å². The molecule has 1 amide bonds. The minimum Gasteiger partial charge on any atom is -0.348 e. The van der Waals surface area contributed by atoms with Gasteiger partial charge >= 0.3 is 0 Å². The van der Waals surface area contributed by atoms with Crippen molar-refractivity contribution in [2.45, 2.75) is 18.5 Å². The molecule has 1 aromatic carbocycles. The van der Waals surface area contributed by atoms with Gasteiger partial charge in [0.15, 0.2) is 0 Å². The molecule has 5 heteroatoms. The molecule has 1 fully saturated rings. The topological polar surface area (TPSA) is 55.1 Å². The van der Waals surface area contributed by atoms with Crippen LogP contribution in [0.5, 0.6) is 0 Å². The van der Waals surface area contributed by atoms with Crippen molar-refractivity contribution in [3.05, 3.63) is 32.7 Å². The second-order valence-corrected chi connectivity index (χ2v) is 5.37. The molecule has 3 nitrogen and oxygen atoms in total. The fourth-order valence-electron chi connectivity index (χ4n) is 1.30. The number of rotatable bonds is 2. The standard InChI is InChI=1S/C10H10Br2N2O/c11-5-1-2-7(12)6(3-5)10(15)14-9-4-8(9)13/h1-3,8-9H,4,13H2,(H,14,15). The van der Waals surface area contributed by atoms with Crippen LogP contribution in [-0.4, -0.2) is 18.0 Å². The van der Waals surface area contributed by atoms with E-state index in [9.17, 15) is 4.79 Å². The Morgan fingerprint density at radius 3 is 2.73 bits per heavy atom. The average molecular weight is 334 g/mol. The minimum atomic E-state index is -0.0823. The van der Waals surface area contributed by atoms with Crippen LogP contribution in [0.15, 0.2) is 27.1 Å². The Bertz CT molecular complexity index is 408. The number of nitrogens with two attached hydrogens (primary N) is 1. The molecule has 1 aliphatic carbocycles. The fourth-order valence-corrected chi connectivity index (χ4v) is 2.09. The summed E-state index contributed by atoms with van der Waals surface area (Å²) < 4.78 is 1.67. The quantitative estimate of drug-likeness (QED) is 0.870. The number of benzene rings is 1. The summed E-state index contributed by atoms with van der Waals surface area (Å²) in [6.45, 7) is 0. The van der Waals surface area contributed by atoms with E-state index >= 15 is 0 Å². The van der Waals surface area contributed by atoms with E-state index in [4.69, 9.17) is 5.73 Å². The lowest BCUT2D eigenvalue weighted by atomic mass is 10.2. The molecule has 1 aromatic rings. The van der Waals surface area contributed by atoms with Gasteiger partial charge in [-0.1, -0.05) is 15.9 Å². The van der Waals surface area contributed by atoms with Crippen molar-refractivity contribution in [2.75, 3.05) is 0 Å². The molecule has 1 saturated carbocycles. The van der Waals surface area contributed by atoms with Crippen molar-refractivity contribution < 1.29 is 4.79 Å². The molecule has 2 atom stereocenters. The maximum atomic E-state index is 11.8. The van der Waals surface area contributed by atoms with Crippen molar-refractivity contribution in [1.29, 1.82) is 0 Å². The zero-order valence-corrected chi connectivity index (χ0v) is 11.0. The number of carbonyl (C=O) groups is 1. The van der Waals surface area contributed by atoms with Gasteiger partial charge < -0.3 is 11.1 Å². The Balaban J connectivity index is 2.14. The maximum Gasteiger partial charge on any atom is 0.252 e. The summed E-state index contributed by atoms with van der Waals surface area (Å²) in [4.78, 5) is 11.8. The highest BCUT2D eigenvalue weighted by Crippen LogP contribution is 2.23. The van der Waals surface area contributed by atoms with Crippen molar-refractivity contribution >= 4 is 37.8 Å². The molecule has 0 spiro atoms. The molecule has 0 aliphatic heterocycles. The van der Waals surface area contributed by atoms with Crippen molar-refractivity contribution in [2.24, 2.45) is 5.73 Å². The second-order valence-electron chi connectivity index (χ2n) is 3.60. The Morgan fingerprint density at radius 2 is 2.13 bits per heavy atom. The lowest BCUT2D eigenvalue weighted by Crippen LogP contribution is -2.29. The predicted molar refractivity (Wildman–Crippen MR) is 65.7 cm³/mol. The molecule has 2 rings (SSSR count). The molecule has 0 heterocycles. The largest absolute Gasteiger partial charge is 0.348 e. The molecule has 0 radical (unpaired) electrons. The van der Waals surface area contributed by atoms with Crippen LogP contribution in [-0.2, 0) is 0 Å². The summed E-state index contributed by atoms with van der Waals surface area (Å²) in [5.74, 6) is -0.0823. The first kappa shape index (κ1) is 11.1. The van der Waals surface area contributed by atoms with Gasteiger partial charge in [0.2, 0.25) is 0 Å². The van der Waals surface area contributed by atoms with Crippen molar-refractivity contribution in [1.82, 2.24) is 5.32 Å². The Morgan fingerprint density at radius 1 is 1.47 bits per heavy atom. The number of nitrogens with one attached hydrogen (secondary N) is 1. The first-order valence-electron chi connectivity index (χ1n) is 4.59. The second kappa shape index (κ2) is 4.23. The Hall–Kier alpha value is -0.390. The molecule has 3 N–H and O–H groups in total. The number of amides is 1. The van der Waals surface area contributed by atoms with Crippen LogP contribution in [0, 0.1) is 0 Å². The molecule has 15 heavy (non-hydrogen) atoms. The molecular weight excluding hydrogens is 324 g/mol. The highest BCUT2D eigenvalue weighted by Gasteiger charge is 2.35. The highest BCUT2D eigenvalue weighted by molar-refractivity contribution is 9.11. The van der Waals surface area contributed by atoms with Crippen LogP contribution in [0.25, 0.3) is 0 Å². The number of hydrogen-bond donors (Lipinski definition) is 2. The number of halogens is 2. The smallest absolute Gasteiger partial charge is 0.252 e. The Kier molecular flexibility index (Phi) is 3.13. The summed E-state index contributed by atoms with van der Waals surface area (Å²) in [6.07, 6.45) is 0.872. The van der Waals surface area contributed by atoms with Crippen LogP contribution in [0.1, 0.15) is 16.8 Å². The third kappa shape index (κ3) is 2.59. The zero-order valence-electron chi connectivity index (χ0n) is 7.84. The Labute approximate surface area is 105 Å². The lowest BCUT2D eigenvalue weighted by molar-refractivity contribution is 0.0949. The monoisotopic (exact) mass is 332 g/mol. The molecule has 1 aliphatic rings. The van der Waals surface area contributed by atoms with Gasteiger partial charge in [0.1, 0.15) is 0 Å². The maximum absolute atomic E-state index is 11.8. The van der Waals surface area contributed by atoms with E-state index in [1.165, 1.54) is 0 Å². The van der Waals surface area contributed by atoms with Gasteiger partial charge in [0.25, 0.3) is 5.91 Å². The van der Waals surface area contributed by atoms with Gasteiger partial charge in [-0.3, -0.25) is 4.79 Å². The van der Waals surface area contributed by atoms with Crippen LogP contribution in [0.2, 0.25) is 0 Å². The van der Waals surface area contributed by atoms with Gasteiger partial charge in [0.05, 0.1) is 5.56 Å². The third-order valence-electron chi connectivity index (χ3n) is 2.33. The van der Waals surface area contributed by atoms with Gasteiger partial charge in [-0.05, 0) is 40.5 Å². The molecule has 0 bridgehead atoms. The van der Waals surface area contributed by atoms with E-state index in [2.05, 4.69) is 37.2 Å². The molecular formula is C10H10Br2N2O. The van der Waals surface area contributed by atoms with Gasteiger partial charge in [0, 0.05) is 21.0 Å². The number of hydrogen-bond acceptors (Lipinski definition) is 2. The van der Waals surface area contributed by atoms with Gasteiger partial charge in [-0.2, -0.15) is 0 Å². The first-order valence-corrected chi connectivity index (χ1v) is 6.18. The van der Waals surface area contributed by atoms with Gasteiger partial charge in [-0.25, -0.2) is 0 Å². The van der Waals surface area contributed by atoms with Crippen molar-refractivity contribution in [3.8, 4) is 0 Å². The van der Waals surface area contributed by atoms with E-state index in [1.54, 1.807) is 6.07 Å². The molecule has 2 unspecified atom stereocenters. The average Bonchev–Trinajstić information content (AvgIpc) is 2.86. The molecule has 0 aromatic heterocycles.